The predicted octanol–water partition coefficient (Wildman–Crippen LogP) is -0.280. The third-order valence-corrected chi connectivity index (χ3v) is 2.84. The molecule has 98 valence electrons. The number of nitrogens with one attached hydrogen (secondary N) is 1. The smallest absolute Gasteiger partial charge is 0.157 e. The number of aryl methyl sites for hydroxylation is 2. The summed E-state index contributed by atoms with van der Waals surface area (Å²) in [5.41, 5.74) is 2.85. The van der Waals surface area contributed by atoms with E-state index < -0.39 is 6.10 Å². The van der Waals surface area contributed by atoms with E-state index in [0.717, 1.165) is 22.3 Å². The van der Waals surface area contributed by atoms with Crippen LogP contribution in [0.3, 0.4) is 0 Å². The van der Waals surface area contributed by atoms with Crippen LogP contribution in [-0.2, 0) is 13.6 Å². The van der Waals surface area contributed by atoms with Crippen molar-refractivity contribution in [2.45, 2.75) is 19.6 Å². The molecule has 0 spiro atoms. The van der Waals surface area contributed by atoms with Crippen molar-refractivity contribution >= 4 is 11.0 Å². The van der Waals surface area contributed by atoms with Gasteiger partial charge in [-0.15, -0.1) is 0 Å². The average Bonchev–Trinajstić information content (AvgIpc) is 2.64. The lowest BCUT2D eigenvalue weighted by Crippen LogP contribution is -2.28. The number of aliphatic hydroxyl groups is 2. The van der Waals surface area contributed by atoms with Crippen LogP contribution < -0.4 is 5.32 Å². The first kappa shape index (κ1) is 12.9. The van der Waals surface area contributed by atoms with Crippen LogP contribution in [0.5, 0.6) is 0 Å². The predicted molar refractivity (Wildman–Crippen MR) is 68.0 cm³/mol. The Hall–Kier alpha value is -1.50. The normalized spacial score (nSPS) is 13.1. The van der Waals surface area contributed by atoms with Gasteiger partial charge in [0.15, 0.2) is 5.65 Å². The molecule has 0 aliphatic heterocycles. The van der Waals surface area contributed by atoms with E-state index in [9.17, 15) is 5.11 Å². The molecule has 2 rings (SSSR count). The van der Waals surface area contributed by atoms with Gasteiger partial charge in [-0.25, -0.2) is 4.98 Å². The number of rotatable bonds is 5. The first-order valence-electron chi connectivity index (χ1n) is 5.89. The molecule has 0 fully saturated rings. The van der Waals surface area contributed by atoms with Crippen molar-refractivity contribution in [1.82, 2.24) is 20.1 Å². The van der Waals surface area contributed by atoms with Gasteiger partial charge in [0, 0.05) is 31.7 Å². The minimum absolute atomic E-state index is 0.230. The lowest BCUT2D eigenvalue weighted by Gasteiger charge is -2.08. The van der Waals surface area contributed by atoms with Crippen LogP contribution in [0.25, 0.3) is 11.0 Å². The van der Waals surface area contributed by atoms with E-state index in [2.05, 4.69) is 15.4 Å². The second kappa shape index (κ2) is 5.43. The molecule has 2 aromatic rings. The van der Waals surface area contributed by atoms with Crippen molar-refractivity contribution in [1.29, 1.82) is 0 Å². The maximum atomic E-state index is 9.21. The summed E-state index contributed by atoms with van der Waals surface area (Å²) >= 11 is 0. The van der Waals surface area contributed by atoms with Gasteiger partial charge in [-0.2, -0.15) is 5.10 Å². The Morgan fingerprint density at radius 2 is 2.28 bits per heavy atom. The molecule has 0 radical (unpaired) electrons. The Labute approximate surface area is 105 Å². The van der Waals surface area contributed by atoms with Gasteiger partial charge >= 0.3 is 0 Å². The third-order valence-electron chi connectivity index (χ3n) is 2.84. The minimum atomic E-state index is -0.721. The summed E-state index contributed by atoms with van der Waals surface area (Å²) in [5.74, 6) is 0. The summed E-state index contributed by atoms with van der Waals surface area (Å²) in [7, 11) is 1.87. The quantitative estimate of drug-likeness (QED) is 0.680. The maximum absolute atomic E-state index is 9.21. The Balaban J connectivity index is 2.08. The Morgan fingerprint density at radius 1 is 1.50 bits per heavy atom. The molecule has 2 aromatic heterocycles. The second-order valence-corrected chi connectivity index (χ2v) is 4.39. The van der Waals surface area contributed by atoms with E-state index in [1.165, 1.54) is 0 Å². The molecular weight excluding hydrogens is 232 g/mol. The van der Waals surface area contributed by atoms with Crippen LogP contribution in [0.4, 0.5) is 0 Å². The van der Waals surface area contributed by atoms with Gasteiger partial charge in [0.2, 0.25) is 0 Å². The molecular formula is C12H18N4O2. The second-order valence-electron chi connectivity index (χ2n) is 4.39. The molecule has 0 aromatic carbocycles. The van der Waals surface area contributed by atoms with E-state index in [-0.39, 0.29) is 6.61 Å². The van der Waals surface area contributed by atoms with Gasteiger partial charge in [-0.3, -0.25) is 4.68 Å². The fourth-order valence-corrected chi connectivity index (χ4v) is 1.90. The van der Waals surface area contributed by atoms with Crippen LogP contribution >= 0.6 is 0 Å². The van der Waals surface area contributed by atoms with Crippen LogP contribution in [-0.4, -0.2) is 44.2 Å². The van der Waals surface area contributed by atoms with E-state index >= 15 is 0 Å². The van der Waals surface area contributed by atoms with Gasteiger partial charge in [0.1, 0.15) is 0 Å². The lowest BCUT2D eigenvalue weighted by atomic mass is 10.2. The van der Waals surface area contributed by atoms with Gasteiger partial charge in [-0.1, -0.05) is 0 Å². The molecule has 0 aliphatic rings. The van der Waals surface area contributed by atoms with Gasteiger partial charge < -0.3 is 15.5 Å². The first-order valence-corrected chi connectivity index (χ1v) is 5.89. The molecule has 0 amide bonds. The summed E-state index contributed by atoms with van der Waals surface area (Å²) in [4.78, 5) is 4.37. The average molecular weight is 250 g/mol. The number of pyridine rings is 1. The summed E-state index contributed by atoms with van der Waals surface area (Å²) in [6.07, 6.45) is 1.07. The topological polar surface area (TPSA) is 83.2 Å². The number of hydrogen-bond donors (Lipinski definition) is 3. The molecule has 6 nitrogen and oxygen atoms in total. The van der Waals surface area contributed by atoms with E-state index in [1.807, 2.05) is 20.0 Å². The third kappa shape index (κ3) is 2.66. The summed E-state index contributed by atoms with van der Waals surface area (Å²) < 4.78 is 1.76. The van der Waals surface area contributed by atoms with E-state index in [4.69, 9.17) is 5.11 Å². The highest BCUT2D eigenvalue weighted by Crippen LogP contribution is 2.16. The van der Waals surface area contributed by atoms with Gasteiger partial charge in [-0.05, 0) is 18.6 Å². The molecule has 0 bridgehead atoms. The van der Waals surface area contributed by atoms with Crippen LogP contribution in [0.1, 0.15) is 11.3 Å². The minimum Gasteiger partial charge on any atom is -0.394 e. The number of aromatic nitrogens is 3. The number of nitrogens with zero attached hydrogens (tertiary/aromatic N) is 3. The van der Waals surface area contributed by atoms with E-state index in [1.54, 1.807) is 10.9 Å². The molecule has 2 heterocycles. The Kier molecular flexibility index (Phi) is 3.90. The van der Waals surface area contributed by atoms with Gasteiger partial charge in [0.05, 0.1) is 18.4 Å². The van der Waals surface area contributed by atoms with Crippen molar-refractivity contribution in [3.05, 3.63) is 23.5 Å². The van der Waals surface area contributed by atoms with Crippen molar-refractivity contribution < 1.29 is 10.2 Å². The standard InChI is InChI=1S/C12H18N4O2/c1-8-11-3-9(4-13-6-10(18)7-17)5-14-12(11)16(2)15-8/h3,5,10,13,17-18H,4,6-7H2,1-2H3. The molecule has 0 saturated carbocycles. The zero-order valence-corrected chi connectivity index (χ0v) is 10.6. The highest BCUT2D eigenvalue weighted by atomic mass is 16.3. The van der Waals surface area contributed by atoms with Crippen LogP contribution in [0.15, 0.2) is 12.3 Å². The van der Waals surface area contributed by atoms with Crippen molar-refractivity contribution in [2.24, 2.45) is 7.05 Å². The molecule has 1 unspecified atom stereocenters. The zero-order chi connectivity index (χ0) is 13.1. The monoisotopic (exact) mass is 250 g/mol. The number of fused-ring (bicyclic) bond motifs is 1. The van der Waals surface area contributed by atoms with Gasteiger partial charge in [0.25, 0.3) is 0 Å². The molecule has 0 aliphatic carbocycles. The first-order chi connectivity index (χ1) is 8.61. The van der Waals surface area contributed by atoms with Crippen molar-refractivity contribution in [3.8, 4) is 0 Å². The molecule has 6 heteroatoms. The fraction of sp³-hybridized carbons (Fsp3) is 0.500. The van der Waals surface area contributed by atoms with E-state index in [0.29, 0.717) is 13.1 Å². The van der Waals surface area contributed by atoms with Crippen LogP contribution in [0, 0.1) is 6.92 Å². The highest BCUT2D eigenvalue weighted by molar-refractivity contribution is 5.78. The van der Waals surface area contributed by atoms with Crippen molar-refractivity contribution in [3.63, 3.8) is 0 Å². The Bertz CT molecular complexity index is 538. The largest absolute Gasteiger partial charge is 0.394 e. The molecule has 0 saturated heterocycles. The molecule has 18 heavy (non-hydrogen) atoms. The number of hydrogen-bond acceptors (Lipinski definition) is 5. The SMILES string of the molecule is Cc1nn(C)c2ncc(CNCC(O)CO)cc12. The summed E-state index contributed by atoms with van der Waals surface area (Å²) in [6, 6.07) is 2.04. The number of aliphatic hydroxyl groups excluding tert-OH is 2. The van der Waals surface area contributed by atoms with Crippen LogP contribution in [0.2, 0.25) is 0 Å². The zero-order valence-electron chi connectivity index (χ0n) is 10.6. The molecule has 1 atom stereocenters. The maximum Gasteiger partial charge on any atom is 0.157 e. The molecule has 3 N–H and O–H groups in total. The highest BCUT2D eigenvalue weighted by Gasteiger charge is 2.07. The Morgan fingerprint density at radius 3 is 3.00 bits per heavy atom. The lowest BCUT2D eigenvalue weighted by molar-refractivity contribution is 0.0942. The summed E-state index contributed by atoms with van der Waals surface area (Å²) in [5, 5.41) is 26.3. The van der Waals surface area contributed by atoms with Crippen molar-refractivity contribution in [2.75, 3.05) is 13.2 Å². The fourth-order valence-electron chi connectivity index (χ4n) is 1.90. The summed E-state index contributed by atoms with van der Waals surface area (Å²) in [6.45, 7) is 2.69.